The number of likely N-dealkylation sites (tertiary alicyclic amines) is 1. The number of benzene rings is 3. The zero-order valence-corrected chi connectivity index (χ0v) is 27.2. The van der Waals surface area contributed by atoms with Crippen molar-refractivity contribution >= 4 is 44.9 Å². The summed E-state index contributed by atoms with van der Waals surface area (Å²) in [5, 5.41) is 10.7. The van der Waals surface area contributed by atoms with Gasteiger partial charge in [-0.15, -0.1) is 0 Å². The third-order valence-electron chi connectivity index (χ3n) is 10.3. The maximum absolute atomic E-state index is 14.0. The van der Waals surface area contributed by atoms with Crippen LogP contribution in [0.3, 0.4) is 0 Å². The molecule has 1 saturated heterocycles. The molecule has 0 aromatic heterocycles. The van der Waals surface area contributed by atoms with Crippen LogP contribution in [0.4, 0.5) is 4.39 Å². The van der Waals surface area contributed by atoms with Gasteiger partial charge in [-0.05, 0) is 116 Å². The van der Waals surface area contributed by atoms with Crippen molar-refractivity contribution in [3.63, 3.8) is 0 Å². The van der Waals surface area contributed by atoms with Gasteiger partial charge in [-0.1, -0.05) is 47.5 Å². The van der Waals surface area contributed by atoms with E-state index in [0.717, 1.165) is 34.4 Å². The molecular formula is C35H36Cl2FNO5S. The second kappa shape index (κ2) is 12.7. The second-order valence-corrected chi connectivity index (χ2v) is 15.6. The molecule has 1 N–H and O–H groups in total. The van der Waals surface area contributed by atoms with E-state index < -0.39 is 33.0 Å². The van der Waals surface area contributed by atoms with Crippen molar-refractivity contribution in [2.75, 3.05) is 12.3 Å². The van der Waals surface area contributed by atoms with E-state index in [4.69, 9.17) is 23.2 Å². The Morgan fingerprint density at radius 3 is 2.24 bits per heavy atom. The zero-order valence-electron chi connectivity index (χ0n) is 24.9. The second-order valence-electron chi connectivity index (χ2n) is 12.8. The first-order valence-electron chi connectivity index (χ1n) is 15.6. The number of fused-ring (bicyclic) bond motifs is 3. The monoisotopic (exact) mass is 671 g/mol. The fraction of sp³-hybridized carbons (Fsp3) is 0.429. The summed E-state index contributed by atoms with van der Waals surface area (Å²) in [6, 6.07) is 16.3. The van der Waals surface area contributed by atoms with E-state index in [2.05, 4.69) is 6.07 Å². The Kier molecular flexibility index (Phi) is 9.03. The number of amides is 1. The molecule has 3 aliphatic rings. The molecule has 0 bridgehead atoms. The molecule has 1 heterocycles. The van der Waals surface area contributed by atoms with E-state index in [1.807, 2.05) is 35.2 Å². The molecule has 0 radical (unpaired) electrons. The van der Waals surface area contributed by atoms with Crippen LogP contribution in [0.2, 0.25) is 10.0 Å². The highest BCUT2D eigenvalue weighted by atomic mass is 35.5. The van der Waals surface area contributed by atoms with E-state index in [1.165, 1.54) is 12.1 Å². The van der Waals surface area contributed by atoms with Gasteiger partial charge in [0.2, 0.25) is 5.91 Å². The number of hydrogen-bond donors (Lipinski definition) is 1. The van der Waals surface area contributed by atoms with Gasteiger partial charge in [-0.3, -0.25) is 9.59 Å². The van der Waals surface area contributed by atoms with Crippen molar-refractivity contribution in [2.45, 2.75) is 74.1 Å². The number of sulfone groups is 1. The summed E-state index contributed by atoms with van der Waals surface area (Å²) in [7, 11) is -3.84. The first kappa shape index (κ1) is 32.0. The maximum atomic E-state index is 14.0. The number of aliphatic carboxylic acids is 1. The van der Waals surface area contributed by atoms with Gasteiger partial charge < -0.3 is 10.0 Å². The molecule has 1 amide bonds. The van der Waals surface area contributed by atoms with Gasteiger partial charge in [-0.25, -0.2) is 12.8 Å². The van der Waals surface area contributed by atoms with Crippen LogP contribution in [0.5, 0.6) is 0 Å². The van der Waals surface area contributed by atoms with E-state index >= 15 is 0 Å². The van der Waals surface area contributed by atoms with Crippen molar-refractivity contribution in [2.24, 2.45) is 11.8 Å². The van der Waals surface area contributed by atoms with Crippen LogP contribution in [0.1, 0.15) is 60.8 Å². The number of rotatable bonds is 8. The fourth-order valence-electron chi connectivity index (χ4n) is 7.91. The zero-order chi connectivity index (χ0) is 31.9. The van der Waals surface area contributed by atoms with Crippen LogP contribution in [0, 0.1) is 17.7 Å². The number of halogens is 3. The highest BCUT2D eigenvalue weighted by Gasteiger charge is 2.55. The molecule has 6 rings (SSSR count). The maximum Gasteiger partial charge on any atom is 0.306 e. The minimum atomic E-state index is -3.84. The van der Waals surface area contributed by atoms with Gasteiger partial charge in [0.05, 0.1) is 16.6 Å². The van der Waals surface area contributed by atoms with E-state index in [1.54, 1.807) is 0 Å². The topological polar surface area (TPSA) is 91.8 Å². The number of aryl methyl sites for hydroxylation is 2. The largest absolute Gasteiger partial charge is 0.481 e. The lowest BCUT2D eigenvalue weighted by molar-refractivity contribution is -0.146. The highest BCUT2D eigenvalue weighted by molar-refractivity contribution is 7.91. The third-order valence-corrected chi connectivity index (χ3v) is 12.9. The molecule has 2 atom stereocenters. The number of carboxylic acids is 1. The Hall–Kier alpha value is -2.94. The van der Waals surface area contributed by atoms with Crippen LogP contribution in [-0.2, 0) is 44.1 Å². The predicted octanol–water partition coefficient (Wildman–Crippen LogP) is 7.07. The fourth-order valence-corrected chi connectivity index (χ4v) is 10.4. The van der Waals surface area contributed by atoms with Gasteiger partial charge in [0.25, 0.3) is 0 Å². The predicted molar refractivity (Wildman–Crippen MR) is 172 cm³/mol. The SMILES string of the molecule is O=C(O)C1CCC(C(=O)N2CC[C@@]3(CS(=O)(=O)c4ccc(F)cc4)c4ccc(CCc5c(Cl)cccc5Cl)cc4CC[C@@H]23)CC1. The first-order chi connectivity index (χ1) is 21.5. The van der Waals surface area contributed by atoms with E-state index in [0.29, 0.717) is 74.4 Å². The normalized spacial score (nSPS) is 24.6. The highest BCUT2D eigenvalue weighted by Crippen LogP contribution is 2.49. The molecular weight excluding hydrogens is 636 g/mol. The van der Waals surface area contributed by atoms with Crippen LogP contribution in [0.25, 0.3) is 0 Å². The van der Waals surface area contributed by atoms with Crippen molar-refractivity contribution in [1.82, 2.24) is 4.90 Å². The smallest absolute Gasteiger partial charge is 0.306 e. The van der Waals surface area contributed by atoms with Crippen LogP contribution in [0.15, 0.2) is 65.6 Å². The molecule has 0 unspecified atom stereocenters. The van der Waals surface area contributed by atoms with Crippen molar-refractivity contribution in [3.8, 4) is 0 Å². The van der Waals surface area contributed by atoms with Crippen LogP contribution in [-0.4, -0.2) is 48.6 Å². The number of nitrogens with zero attached hydrogens (tertiary/aromatic N) is 1. The summed E-state index contributed by atoms with van der Waals surface area (Å²) < 4.78 is 41.5. The molecule has 45 heavy (non-hydrogen) atoms. The van der Waals surface area contributed by atoms with Crippen molar-refractivity contribution < 1.29 is 27.5 Å². The molecule has 6 nitrogen and oxygen atoms in total. The number of carbonyl (C=O) groups excluding carboxylic acids is 1. The van der Waals surface area contributed by atoms with E-state index in [-0.39, 0.29) is 28.5 Å². The minimum absolute atomic E-state index is 0.00147. The Labute approximate surface area is 273 Å². The van der Waals surface area contributed by atoms with Crippen molar-refractivity contribution in [3.05, 3.63) is 98.8 Å². The molecule has 2 fully saturated rings. The van der Waals surface area contributed by atoms with Crippen LogP contribution >= 0.6 is 23.2 Å². The summed E-state index contributed by atoms with van der Waals surface area (Å²) >= 11 is 12.8. The number of carbonyl (C=O) groups is 2. The van der Waals surface area contributed by atoms with Crippen molar-refractivity contribution in [1.29, 1.82) is 0 Å². The lowest BCUT2D eigenvalue weighted by Gasteiger charge is -2.44. The van der Waals surface area contributed by atoms with E-state index in [9.17, 15) is 27.5 Å². The summed E-state index contributed by atoms with van der Waals surface area (Å²) in [5.41, 5.74) is 3.20. The number of hydrogen-bond acceptors (Lipinski definition) is 4. The molecule has 238 valence electrons. The molecule has 2 aliphatic carbocycles. The average molecular weight is 673 g/mol. The minimum Gasteiger partial charge on any atom is -0.481 e. The lowest BCUT2D eigenvalue weighted by atomic mass is 9.67. The summed E-state index contributed by atoms with van der Waals surface area (Å²) in [6.45, 7) is 0.438. The van der Waals surface area contributed by atoms with Gasteiger partial charge in [0, 0.05) is 34.0 Å². The van der Waals surface area contributed by atoms with Gasteiger partial charge in [0.1, 0.15) is 5.82 Å². The average Bonchev–Trinajstić information content (AvgIpc) is 3.39. The summed E-state index contributed by atoms with van der Waals surface area (Å²) in [6.07, 6.45) is 5.19. The molecule has 1 aliphatic heterocycles. The number of carboxylic acid groups (broad SMARTS) is 1. The standard InChI is InChI=1S/C35H36Cl2FNO5S/c36-30-2-1-3-31(37)28(30)15-4-22-5-16-29-25(20-22)10-17-32-35(29,21-45(43,44)27-13-11-26(38)12-14-27)18-19-39(32)33(40)23-6-8-24(9-7-23)34(41)42/h1-3,5,11-14,16,20,23-24,32H,4,6-10,15,17-19,21H2,(H,41,42)/t23?,24?,32-,35-/m1/s1. The molecule has 3 aromatic carbocycles. The molecule has 0 spiro atoms. The first-order valence-corrected chi connectivity index (χ1v) is 18.0. The third kappa shape index (κ3) is 6.26. The van der Waals surface area contributed by atoms with Gasteiger partial charge in [-0.2, -0.15) is 0 Å². The Bertz CT molecular complexity index is 1700. The summed E-state index contributed by atoms with van der Waals surface area (Å²) in [5.74, 6) is -2.18. The Morgan fingerprint density at radius 2 is 1.58 bits per heavy atom. The summed E-state index contributed by atoms with van der Waals surface area (Å²) in [4.78, 5) is 27.4. The van der Waals surface area contributed by atoms with Crippen LogP contribution < -0.4 is 0 Å². The van der Waals surface area contributed by atoms with Gasteiger partial charge >= 0.3 is 5.97 Å². The molecule has 1 saturated carbocycles. The molecule has 10 heteroatoms. The Morgan fingerprint density at radius 1 is 0.911 bits per heavy atom. The van der Waals surface area contributed by atoms with Gasteiger partial charge in [0.15, 0.2) is 9.84 Å². The quantitative estimate of drug-likeness (QED) is 0.259. The Balaban J connectivity index is 1.31. The lowest BCUT2D eigenvalue weighted by Crippen LogP contribution is -2.52. The molecule has 3 aromatic rings.